The molecular formula is C41H24BrN3O2. The molecule has 1 aromatic heterocycles. The van der Waals surface area contributed by atoms with E-state index in [1.54, 1.807) is 0 Å². The number of Topliss-reactive ketones (excluding diaryl/α,β-unsaturated/α-hetero) is 2. The molecular weight excluding hydrogens is 646 g/mol. The van der Waals surface area contributed by atoms with E-state index in [2.05, 4.69) is 52.9 Å². The molecule has 5 nitrogen and oxygen atoms in total. The van der Waals surface area contributed by atoms with E-state index < -0.39 is 5.41 Å². The van der Waals surface area contributed by atoms with Crippen molar-refractivity contribution in [2.45, 2.75) is 19.3 Å². The molecule has 0 saturated heterocycles. The molecule has 0 atom stereocenters. The molecule has 6 aromatic rings. The normalized spacial score (nSPS) is 16.4. The Bertz CT molecular complexity index is 2460. The minimum Gasteiger partial charge on any atom is -0.308 e. The third-order valence-corrected chi connectivity index (χ3v) is 10.8. The third-order valence-electron chi connectivity index (χ3n) is 10.3. The van der Waals surface area contributed by atoms with E-state index in [1.165, 1.54) is 0 Å². The van der Waals surface area contributed by atoms with Gasteiger partial charge >= 0.3 is 0 Å². The molecule has 222 valence electrons. The monoisotopic (exact) mass is 669 g/mol. The number of allylic oxidation sites excluding steroid dienone is 2. The molecule has 0 unspecified atom stereocenters. The topological polar surface area (TPSA) is 63.2 Å². The summed E-state index contributed by atoms with van der Waals surface area (Å²) in [7, 11) is 0. The third kappa shape index (κ3) is 3.18. The Hall–Kier alpha value is -5.46. The van der Waals surface area contributed by atoms with Gasteiger partial charge in [-0.2, -0.15) is 0 Å². The molecule has 0 N–H and O–H groups in total. The molecule has 0 bridgehead atoms. The van der Waals surface area contributed by atoms with Crippen molar-refractivity contribution in [2.24, 2.45) is 0 Å². The summed E-state index contributed by atoms with van der Waals surface area (Å²) in [5.41, 5.74) is 12.0. The molecule has 6 heteroatoms. The van der Waals surface area contributed by atoms with Gasteiger partial charge in [0.15, 0.2) is 11.6 Å². The highest BCUT2D eigenvalue weighted by Gasteiger charge is 2.63. The van der Waals surface area contributed by atoms with Crippen LogP contribution in [0.1, 0.15) is 54.2 Å². The fraction of sp³-hybridized carbons (Fsp3) is 0.0732. The van der Waals surface area contributed by atoms with Gasteiger partial charge in [-0.15, -0.1) is 0 Å². The number of halogens is 1. The van der Waals surface area contributed by atoms with Crippen LogP contribution in [0.2, 0.25) is 0 Å². The van der Waals surface area contributed by atoms with Crippen LogP contribution in [0.25, 0.3) is 33.7 Å². The van der Waals surface area contributed by atoms with Crippen molar-refractivity contribution in [1.82, 2.24) is 9.97 Å². The zero-order chi connectivity index (χ0) is 31.8. The highest BCUT2D eigenvalue weighted by atomic mass is 79.9. The fourth-order valence-electron chi connectivity index (χ4n) is 8.19. The van der Waals surface area contributed by atoms with E-state index in [9.17, 15) is 0 Å². The molecule has 0 fully saturated rings. The van der Waals surface area contributed by atoms with Gasteiger partial charge in [0.1, 0.15) is 5.41 Å². The van der Waals surface area contributed by atoms with Gasteiger partial charge in [0, 0.05) is 49.1 Å². The van der Waals surface area contributed by atoms with Crippen LogP contribution in [-0.4, -0.2) is 21.5 Å². The lowest BCUT2D eigenvalue weighted by Gasteiger charge is -2.42. The number of anilines is 1. The van der Waals surface area contributed by atoms with E-state index in [-0.39, 0.29) is 11.6 Å². The van der Waals surface area contributed by atoms with Crippen LogP contribution in [0.3, 0.4) is 0 Å². The highest BCUT2D eigenvalue weighted by Crippen LogP contribution is 2.66. The van der Waals surface area contributed by atoms with Crippen molar-refractivity contribution in [3.63, 3.8) is 0 Å². The van der Waals surface area contributed by atoms with Crippen molar-refractivity contribution in [3.8, 4) is 11.3 Å². The molecule has 3 aliphatic carbocycles. The lowest BCUT2D eigenvalue weighted by molar-refractivity contribution is 0.101. The number of fused-ring (bicyclic) bond motifs is 12. The van der Waals surface area contributed by atoms with Crippen molar-refractivity contribution >= 4 is 55.6 Å². The number of hydrogen-bond donors (Lipinski definition) is 0. The summed E-state index contributed by atoms with van der Waals surface area (Å²) < 4.78 is 0.940. The first-order valence-corrected chi connectivity index (χ1v) is 16.4. The summed E-state index contributed by atoms with van der Waals surface area (Å²) in [6, 6.07) is 35.8. The minimum absolute atomic E-state index is 0.0994. The van der Waals surface area contributed by atoms with Crippen LogP contribution < -0.4 is 4.90 Å². The van der Waals surface area contributed by atoms with Crippen LogP contribution in [0.15, 0.2) is 125 Å². The maximum atomic E-state index is 15.1. The number of carbonyl (C=O) groups is 2. The Labute approximate surface area is 279 Å². The molecule has 0 saturated carbocycles. The van der Waals surface area contributed by atoms with E-state index in [4.69, 9.17) is 9.97 Å². The zero-order valence-corrected chi connectivity index (χ0v) is 27.0. The van der Waals surface area contributed by atoms with Crippen LogP contribution >= 0.6 is 15.9 Å². The second-order valence-corrected chi connectivity index (χ2v) is 13.6. The number of nitrogens with zero attached hydrogens (tertiary/aromatic N) is 3. The highest BCUT2D eigenvalue weighted by molar-refractivity contribution is 9.10. The number of benzene rings is 5. The summed E-state index contributed by atoms with van der Waals surface area (Å²) >= 11 is 3.60. The first-order valence-electron chi connectivity index (χ1n) is 15.6. The number of aryl methyl sites for hydroxylation is 2. The van der Waals surface area contributed by atoms with Crippen molar-refractivity contribution in [2.75, 3.05) is 4.90 Å². The maximum Gasteiger partial charge on any atom is 0.193 e. The molecule has 0 amide bonds. The lowest BCUT2D eigenvalue weighted by atomic mass is 9.64. The Morgan fingerprint density at radius 1 is 0.596 bits per heavy atom. The van der Waals surface area contributed by atoms with Gasteiger partial charge in [0.25, 0.3) is 0 Å². The molecule has 1 aliphatic heterocycles. The average Bonchev–Trinajstić information content (AvgIpc) is 3.66. The Kier molecular flexibility index (Phi) is 5.16. The van der Waals surface area contributed by atoms with Crippen molar-refractivity contribution in [3.05, 3.63) is 169 Å². The molecule has 47 heavy (non-hydrogen) atoms. The SMILES string of the molecule is Cc1cc2nc3c(nc2cc1C)C1(C2=C(c4ccccc4C2=O)N(c2ccc(Br)cc2)C2=C1C(=O)c1ccccc12)c1ccccc1-3. The Morgan fingerprint density at radius 2 is 1.09 bits per heavy atom. The van der Waals surface area contributed by atoms with Gasteiger partial charge in [-0.25, -0.2) is 9.97 Å². The average molecular weight is 671 g/mol. The van der Waals surface area contributed by atoms with Crippen LogP contribution in [0.4, 0.5) is 5.69 Å². The van der Waals surface area contributed by atoms with E-state index in [1.807, 2.05) is 91.0 Å². The van der Waals surface area contributed by atoms with E-state index >= 15 is 9.59 Å². The van der Waals surface area contributed by atoms with Gasteiger partial charge in [-0.1, -0.05) is 88.7 Å². The van der Waals surface area contributed by atoms with Crippen molar-refractivity contribution in [1.29, 1.82) is 0 Å². The second-order valence-electron chi connectivity index (χ2n) is 12.7. The lowest BCUT2D eigenvalue weighted by Crippen LogP contribution is -2.42. The first kappa shape index (κ1) is 26.7. The van der Waals surface area contributed by atoms with Gasteiger partial charge in [0.2, 0.25) is 0 Å². The van der Waals surface area contributed by atoms with Crippen LogP contribution in [0, 0.1) is 13.8 Å². The molecule has 0 radical (unpaired) electrons. The number of carbonyl (C=O) groups excluding carboxylic acids is 2. The predicted octanol–water partition coefficient (Wildman–Crippen LogP) is 9.01. The first-order chi connectivity index (χ1) is 22.9. The van der Waals surface area contributed by atoms with Gasteiger partial charge in [-0.05, 0) is 66.9 Å². The summed E-state index contributed by atoms with van der Waals surface area (Å²) in [5.74, 6) is -0.199. The minimum atomic E-state index is -1.28. The molecule has 1 spiro atoms. The maximum absolute atomic E-state index is 15.1. The standard InChI is InChI=1S/C41H24BrN3O2/c1-21-19-31-32(20-22(21)2)44-40-35(43-31)29-13-7-8-14-30(29)41(40)33-36(25-9-3-5-11-27(25)38(33)46)45(24-17-15-23(42)16-18-24)37-26-10-4-6-12-28(26)39(47)34(37)41/h3-20H,1-2H3. The second kappa shape index (κ2) is 9.08. The van der Waals surface area contributed by atoms with Crippen molar-refractivity contribution < 1.29 is 9.59 Å². The number of rotatable bonds is 1. The smallest absolute Gasteiger partial charge is 0.193 e. The van der Waals surface area contributed by atoms with Gasteiger partial charge in [0.05, 0.1) is 33.8 Å². The summed E-state index contributed by atoms with van der Waals surface area (Å²) in [4.78, 5) is 43.0. The van der Waals surface area contributed by atoms with Gasteiger partial charge in [-0.3, -0.25) is 9.59 Å². The molecule has 4 aliphatic rings. The van der Waals surface area contributed by atoms with E-state index in [0.717, 1.165) is 66.0 Å². The molecule has 2 heterocycles. The summed E-state index contributed by atoms with van der Waals surface area (Å²) in [6.45, 7) is 4.15. The largest absolute Gasteiger partial charge is 0.308 e. The number of ketones is 2. The Morgan fingerprint density at radius 3 is 1.66 bits per heavy atom. The van der Waals surface area contributed by atoms with E-state index in [0.29, 0.717) is 33.7 Å². The number of aromatic nitrogens is 2. The fourth-order valence-corrected chi connectivity index (χ4v) is 8.45. The van der Waals surface area contributed by atoms with Crippen LogP contribution in [-0.2, 0) is 5.41 Å². The number of hydrogen-bond acceptors (Lipinski definition) is 5. The Balaban J connectivity index is 1.44. The predicted molar refractivity (Wildman–Crippen MR) is 187 cm³/mol. The molecule has 10 rings (SSSR count). The quantitative estimate of drug-likeness (QED) is 0.175. The zero-order valence-electron chi connectivity index (χ0n) is 25.4. The molecule has 5 aromatic carbocycles. The summed E-state index contributed by atoms with van der Waals surface area (Å²) in [5, 5.41) is 0. The van der Waals surface area contributed by atoms with Crippen LogP contribution in [0.5, 0.6) is 0 Å². The van der Waals surface area contributed by atoms with Gasteiger partial charge < -0.3 is 4.90 Å². The summed E-state index contributed by atoms with van der Waals surface area (Å²) in [6.07, 6.45) is 0.